The first kappa shape index (κ1) is 16.9. The quantitative estimate of drug-likeness (QED) is 0.680. The molecule has 1 aliphatic rings. The van der Waals surface area contributed by atoms with Gasteiger partial charge in [-0.2, -0.15) is 0 Å². The smallest absolute Gasteiger partial charge is 0.337 e. The normalized spacial score (nSPS) is 15.5. The Bertz CT molecular complexity index is 476. The lowest BCUT2D eigenvalue weighted by Gasteiger charge is -2.22. The molecule has 3 heteroatoms. The number of esters is 1. The average Bonchev–Trinajstić information content (AvgIpc) is 2.58. The van der Waals surface area contributed by atoms with Gasteiger partial charge < -0.3 is 9.47 Å². The number of rotatable bonds is 7. The number of methoxy groups -OCH3 is 1. The molecule has 0 spiro atoms. The van der Waals surface area contributed by atoms with E-state index in [9.17, 15) is 4.79 Å². The van der Waals surface area contributed by atoms with Crippen molar-refractivity contribution in [1.29, 1.82) is 0 Å². The zero-order chi connectivity index (χ0) is 15.8. The highest BCUT2D eigenvalue weighted by Crippen LogP contribution is 2.26. The Morgan fingerprint density at radius 2 is 1.95 bits per heavy atom. The fourth-order valence-corrected chi connectivity index (χ4v) is 3.07. The highest BCUT2D eigenvalue weighted by atomic mass is 16.5. The lowest BCUT2D eigenvalue weighted by atomic mass is 9.90. The lowest BCUT2D eigenvalue weighted by molar-refractivity contribution is 0.0600. The van der Waals surface area contributed by atoms with Gasteiger partial charge in [-0.05, 0) is 55.4 Å². The van der Waals surface area contributed by atoms with E-state index in [1.807, 2.05) is 12.1 Å². The summed E-state index contributed by atoms with van der Waals surface area (Å²) in [5.41, 5.74) is 1.75. The zero-order valence-corrected chi connectivity index (χ0v) is 13.9. The van der Waals surface area contributed by atoms with Crippen molar-refractivity contribution in [3.05, 3.63) is 29.3 Å². The maximum absolute atomic E-state index is 11.8. The molecule has 1 aromatic carbocycles. The van der Waals surface area contributed by atoms with Crippen LogP contribution >= 0.6 is 0 Å². The third kappa shape index (κ3) is 5.04. The number of ether oxygens (including phenoxy) is 2. The van der Waals surface area contributed by atoms with Crippen LogP contribution in [0.1, 0.15) is 67.8 Å². The summed E-state index contributed by atoms with van der Waals surface area (Å²) in [6.45, 7) is 2.93. The average molecular weight is 304 g/mol. The molecule has 3 nitrogen and oxygen atoms in total. The summed E-state index contributed by atoms with van der Waals surface area (Å²) in [5.74, 6) is 1.18. The first-order chi connectivity index (χ1) is 10.7. The Labute approximate surface area is 134 Å². The van der Waals surface area contributed by atoms with Crippen molar-refractivity contribution in [3.63, 3.8) is 0 Å². The van der Waals surface area contributed by atoms with Gasteiger partial charge in [-0.1, -0.05) is 32.6 Å². The standard InChI is InChI=1S/C19H28O3/c1-3-4-8-16-11-17(19(20)21-2)13-18(12-16)22-14-15-9-6-5-7-10-15/h11-13,15H,3-10,14H2,1-2H3. The minimum absolute atomic E-state index is 0.291. The van der Waals surface area contributed by atoms with E-state index in [4.69, 9.17) is 9.47 Å². The van der Waals surface area contributed by atoms with Crippen molar-refractivity contribution in [1.82, 2.24) is 0 Å². The van der Waals surface area contributed by atoms with Crippen LogP contribution in [0.4, 0.5) is 0 Å². The van der Waals surface area contributed by atoms with Crippen molar-refractivity contribution >= 4 is 5.97 Å². The van der Waals surface area contributed by atoms with Gasteiger partial charge in [0.05, 0.1) is 19.3 Å². The number of carbonyl (C=O) groups is 1. The first-order valence-corrected chi connectivity index (χ1v) is 8.58. The van der Waals surface area contributed by atoms with Crippen LogP contribution in [0.2, 0.25) is 0 Å². The van der Waals surface area contributed by atoms with Gasteiger partial charge in [-0.25, -0.2) is 4.79 Å². The van der Waals surface area contributed by atoms with Crippen LogP contribution in [-0.2, 0) is 11.2 Å². The maximum Gasteiger partial charge on any atom is 0.337 e. The molecule has 0 unspecified atom stereocenters. The van der Waals surface area contributed by atoms with Gasteiger partial charge in [0.1, 0.15) is 5.75 Å². The second kappa shape index (κ2) is 8.82. The second-order valence-corrected chi connectivity index (χ2v) is 6.28. The summed E-state index contributed by atoms with van der Waals surface area (Å²) in [6, 6.07) is 5.81. The molecule has 122 valence electrons. The minimum Gasteiger partial charge on any atom is -0.493 e. The van der Waals surface area contributed by atoms with E-state index < -0.39 is 0 Å². The Morgan fingerprint density at radius 1 is 1.18 bits per heavy atom. The van der Waals surface area contributed by atoms with E-state index in [0.717, 1.165) is 37.2 Å². The summed E-state index contributed by atoms with van der Waals surface area (Å²) < 4.78 is 10.8. The van der Waals surface area contributed by atoms with Crippen molar-refractivity contribution in [2.75, 3.05) is 13.7 Å². The van der Waals surface area contributed by atoms with Crippen LogP contribution in [0.15, 0.2) is 18.2 Å². The predicted molar refractivity (Wildman–Crippen MR) is 88.5 cm³/mol. The largest absolute Gasteiger partial charge is 0.493 e. The predicted octanol–water partition coefficient (Wildman–Crippen LogP) is 4.77. The minimum atomic E-state index is -0.291. The van der Waals surface area contributed by atoms with Crippen LogP contribution in [0, 0.1) is 5.92 Å². The Balaban J connectivity index is 2.05. The van der Waals surface area contributed by atoms with Gasteiger partial charge in [-0.15, -0.1) is 0 Å². The molecule has 0 aromatic heterocycles. The molecule has 1 aromatic rings. The fraction of sp³-hybridized carbons (Fsp3) is 0.632. The molecule has 2 rings (SSSR count). The van der Waals surface area contributed by atoms with Gasteiger partial charge in [0, 0.05) is 0 Å². The zero-order valence-electron chi connectivity index (χ0n) is 13.9. The molecule has 0 heterocycles. The number of hydrogen-bond acceptors (Lipinski definition) is 3. The highest BCUT2D eigenvalue weighted by Gasteiger charge is 2.15. The monoisotopic (exact) mass is 304 g/mol. The van der Waals surface area contributed by atoms with Crippen molar-refractivity contribution < 1.29 is 14.3 Å². The maximum atomic E-state index is 11.8. The summed E-state index contributed by atoms with van der Waals surface area (Å²) in [6.07, 6.45) is 9.75. The van der Waals surface area contributed by atoms with Crippen molar-refractivity contribution in [2.45, 2.75) is 58.3 Å². The summed E-state index contributed by atoms with van der Waals surface area (Å²) in [7, 11) is 1.42. The molecule has 1 aliphatic carbocycles. The number of unbranched alkanes of at least 4 members (excludes halogenated alkanes) is 1. The fourth-order valence-electron chi connectivity index (χ4n) is 3.07. The summed E-state index contributed by atoms with van der Waals surface area (Å²) in [4.78, 5) is 11.8. The van der Waals surface area contributed by atoms with Crippen LogP contribution in [-0.4, -0.2) is 19.7 Å². The first-order valence-electron chi connectivity index (χ1n) is 8.58. The molecular weight excluding hydrogens is 276 g/mol. The van der Waals surface area contributed by atoms with Gasteiger partial charge in [0.15, 0.2) is 0 Å². The topological polar surface area (TPSA) is 35.5 Å². The molecule has 0 bridgehead atoms. The van der Waals surface area contributed by atoms with Crippen LogP contribution in [0.5, 0.6) is 5.75 Å². The van der Waals surface area contributed by atoms with Crippen molar-refractivity contribution in [3.8, 4) is 5.75 Å². The van der Waals surface area contributed by atoms with E-state index in [1.54, 1.807) is 0 Å². The Hall–Kier alpha value is -1.51. The van der Waals surface area contributed by atoms with Crippen LogP contribution in [0.3, 0.4) is 0 Å². The van der Waals surface area contributed by atoms with Crippen LogP contribution in [0.25, 0.3) is 0 Å². The molecule has 0 N–H and O–H groups in total. The van der Waals surface area contributed by atoms with Gasteiger partial charge >= 0.3 is 5.97 Å². The Morgan fingerprint density at radius 3 is 2.64 bits per heavy atom. The second-order valence-electron chi connectivity index (χ2n) is 6.28. The van der Waals surface area contributed by atoms with Gasteiger partial charge in [0.2, 0.25) is 0 Å². The van der Waals surface area contributed by atoms with Crippen molar-refractivity contribution in [2.24, 2.45) is 5.92 Å². The van der Waals surface area contributed by atoms with E-state index >= 15 is 0 Å². The number of aryl methyl sites for hydroxylation is 1. The van der Waals surface area contributed by atoms with E-state index in [2.05, 4.69) is 13.0 Å². The molecule has 0 radical (unpaired) electrons. The molecular formula is C19H28O3. The molecule has 0 atom stereocenters. The Kier molecular flexibility index (Phi) is 6.75. The van der Waals surface area contributed by atoms with Crippen LogP contribution < -0.4 is 4.74 Å². The van der Waals surface area contributed by atoms with Gasteiger partial charge in [0.25, 0.3) is 0 Å². The van der Waals surface area contributed by atoms with E-state index in [1.165, 1.54) is 39.2 Å². The molecule has 0 amide bonds. The van der Waals surface area contributed by atoms with E-state index in [-0.39, 0.29) is 5.97 Å². The molecule has 0 aliphatic heterocycles. The molecule has 1 saturated carbocycles. The molecule has 0 saturated heterocycles. The van der Waals surface area contributed by atoms with E-state index in [0.29, 0.717) is 11.5 Å². The SMILES string of the molecule is CCCCc1cc(OCC2CCCCC2)cc(C(=O)OC)c1. The van der Waals surface area contributed by atoms with Gasteiger partial charge in [-0.3, -0.25) is 0 Å². The lowest BCUT2D eigenvalue weighted by Crippen LogP contribution is -2.15. The third-order valence-electron chi connectivity index (χ3n) is 4.42. The molecule has 1 fully saturated rings. The highest BCUT2D eigenvalue weighted by molar-refractivity contribution is 5.90. The number of benzene rings is 1. The third-order valence-corrected chi connectivity index (χ3v) is 4.42. The number of carbonyl (C=O) groups excluding carboxylic acids is 1. The number of hydrogen-bond donors (Lipinski definition) is 0. The summed E-state index contributed by atoms with van der Waals surface area (Å²) in [5, 5.41) is 0. The summed E-state index contributed by atoms with van der Waals surface area (Å²) >= 11 is 0. The molecule has 22 heavy (non-hydrogen) atoms.